The first-order valence-corrected chi connectivity index (χ1v) is 7.86. The van der Waals surface area contributed by atoms with E-state index in [4.69, 9.17) is 11.6 Å². The molecule has 2 rings (SSSR count). The van der Waals surface area contributed by atoms with E-state index in [0.29, 0.717) is 27.7 Å². The monoisotopic (exact) mass is 370 g/mol. The highest BCUT2D eigenvalue weighted by Crippen LogP contribution is 2.23. The number of nitrogens with zero attached hydrogens (tertiary/aromatic N) is 2. The Balaban J connectivity index is 2.19. The molecule has 6 heteroatoms. The molecule has 3 nitrogen and oxygen atoms in total. The van der Waals surface area contributed by atoms with Crippen molar-refractivity contribution in [2.24, 2.45) is 0 Å². The first kappa shape index (κ1) is 15.2. The van der Waals surface area contributed by atoms with Gasteiger partial charge in [-0.3, -0.25) is 4.79 Å². The summed E-state index contributed by atoms with van der Waals surface area (Å²) >= 11 is 10.7. The van der Waals surface area contributed by atoms with Crippen LogP contribution in [-0.4, -0.2) is 22.3 Å². The number of amides is 1. The van der Waals surface area contributed by atoms with Gasteiger partial charge in [0, 0.05) is 11.4 Å². The zero-order valence-electron chi connectivity index (χ0n) is 10.6. The molecule has 104 valence electrons. The van der Waals surface area contributed by atoms with Crippen LogP contribution in [0.25, 0.3) is 0 Å². The molecule has 0 aliphatic carbocycles. The van der Waals surface area contributed by atoms with Crippen LogP contribution in [-0.2, 0) is 6.54 Å². The molecule has 0 spiro atoms. The summed E-state index contributed by atoms with van der Waals surface area (Å²) in [4.78, 5) is 19.4. The van der Waals surface area contributed by atoms with Gasteiger partial charge in [0.05, 0.1) is 10.9 Å². The molecule has 20 heavy (non-hydrogen) atoms. The van der Waals surface area contributed by atoms with Gasteiger partial charge in [-0.2, -0.15) is 0 Å². The summed E-state index contributed by atoms with van der Waals surface area (Å²) in [6, 6.07) is 9.02. The lowest BCUT2D eigenvalue weighted by Crippen LogP contribution is -2.31. The van der Waals surface area contributed by atoms with Crippen LogP contribution in [0.15, 0.2) is 47.6 Å². The highest BCUT2D eigenvalue weighted by Gasteiger charge is 2.17. The lowest BCUT2D eigenvalue weighted by Gasteiger charge is -2.20. The lowest BCUT2D eigenvalue weighted by molar-refractivity contribution is 0.0758. The van der Waals surface area contributed by atoms with Crippen molar-refractivity contribution in [2.45, 2.75) is 6.54 Å². The summed E-state index contributed by atoms with van der Waals surface area (Å²) in [6.45, 7) is 4.65. The molecule has 0 fully saturated rings. The summed E-state index contributed by atoms with van der Waals surface area (Å²) in [5.74, 6) is -0.129. The summed E-state index contributed by atoms with van der Waals surface area (Å²) in [7, 11) is 0. The van der Waals surface area contributed by atoms with Gasteiger partial charge in [0.15, 0.2) is 0 Å². The van der Waals surface area contributed by atoms with Gasteiger partial charge in [0.2, 0.25) is 0 Å². The van der Waals surface area contributed by atoms with Crippen LogP contribution in [0.5, 0.6) is 0 Å². The van der Waals surface area contributed by atoms with Crippen LogP contribution in [0.1, 0.15) is 15.4 Å². The third kappa shape index (κ3) is 3.91. The number of hydrogen-bond acceptors (Lipinski definition) is 3. The van der Waals surface area contributed by atoms with Gasteiger partial charge in [-0.15, -0.1) is 17.9 Å². The smallest absolute Gasteiger partial charge is 0.273 e. The summed E-state index contributed by atoms with van der Waals surface area (Å²) < 4.78 is 1.35. The van der Waals surface area contributed by atoms with Gasteiger partial charge in [-0.25, -0.2) is 4.98 Å². The predicted molar refractivity (Wildman–Crippen MR) is 86.2 cm³/mol. The average Bonchev–Trinajstić information content (AvgIpc) is 2.83. The number of carbonyl (C=O) groups excluding carboxylic acids is 1. The van der Waals surface area contributed by atoms with Gasteiger partial charge in [0.1, 0.15) is 10.3 Å². The van der Waals surface area contributed by atoms with Crippen molar-refractivity contribution >= 4 is 44.8 Å². The molecule has 2 heterocycles. The number of halogens is 2. The molecule has 0 aromatic carbocycles. The number of carbonyl (C=O) groups is 1. The maximum Gasteiger partial charge on any atom is 0.273 e. The van der Waals surface area contributed by atoms with Gasteiger partial charge < -0.3 is 4.90 Å². The lowest BCUT2D eigenvalue weighted by atomic mass is 10.3. The van der Waals surface area contributed by atoms with Crippen LogP contribution in [0.2, 0.25) is 4.34 Å². The SMILES string of the molecule is C=CCN(Cc1ccc(Cl)s1)C(=O)c1cccc(Br)n1. The van der Waals surface area contributed by atoms with Crippen molar-refractivity contribution in [3.05, 3.63) is 62.5 Å². The highest BCUT2D eigenvalue weighted by atomic mass is 79.9. The second kappa shape index (κ2) is 7.02. The van der Waals surface area contributed by atoms with Crippen molar-refractivity contribution in [3.63, 3.8) is 0 Å². The Hall–Kier alpha value is -1.17. The van der Waals surface area contributed by atoms with E-state index in [1.165, 1.54) is 11.3 Å². The minimum atomic E-state index is -0.129. The Morgan fingerprint density at radius 1 is 1.45 bits per heavy atom. The maximum absolute atomic E-state index is 12.5. The Morgan fingerprint density at radius 3 is 2.85 bits per heavy atom. The van der Waals surface area contributed by atoms with Crippen molar-refractivity contribution in [1.82, 2.24) is 9.88 Å². The van der Waals surface area contributed by atoms with Gasteiger partial charge in [-0.05, 0) is 40.2 Å². The fourth-order valence-electron chi connectivity index (χ4n) is 1.69. The average molecular weight is 372 g/mol. The van der Waals surface area contributed by atoms with Crippen LogP contribution in [0.4, 0.5) is 0 Å². The minimum absolute atomic E-state index is 0.129. The number of thiophene rings is 1. The molecule has 0 unspecified atom stereocenters. The maximum atomic E-state index is 12.5. The third-order valence-electron chi connectivity index (χ3n) is 2.55. The number of rotatable bonds is 5. The van der Waals surface area contributed by atoms with Crippen molar-refractivity contribution in [3.8, 4) is 0 Å². The first-order valence-electron chi connectivity index (χ1n) is 5.87. The first-order chi connectivity index (χ1) is 9.60. The van der Waals surface area contributed by atoms with E-state index in [2.05, 4.69) is 27.5 Å². The Bertz CT molecular complexity index is 629. The molecule has 0 atom stereocenters. The minimum Gasteiger partial charge on any atom is -0.328 e. The molecule has 0 saturated carbocycles. The van der Waals surface area contributed by atoms with Gasteiger partial charge in [0.25, 0.3) is 5.91 Å². The molecule has 2 aromatic heterocycles. The molecule has 2 aromatic rings. The Morgan fingerprint density at radius 2 is 2.25 bits per heavy atom. The van der Waals surface area contributed by atoms with Crippen LogP contribution in [0, 0.1) is 0 Å². The summed E-state index contributed by atoms with van der Waals surface area (Å²) in [5, 5.41) is 0. The van der Waals surface area contributed by atoms with E-state index in [0.717, 1.165) is 4.88 Å². The predicted octanol–water partition coefficient (Wildman–Crippen LogP) is 4.39. The van der Waals surface area contributed by atoms with E-state index in [1.807, 2.05) is 12.1 Å². The fourth-order valence-corrected chi connectivity index (χ4v) is 3.14. The Labute approximate surface area is 135 Å². The largest absolute Gasteiger partial charge is 0.328 e. The van der Waals surface area contributed by atoms with E-state index in [-0.39, 0.29) is 5.91 Å². The quantitative estimate of drug-likeness (QED) is 0.577. The van der Waals surface area contributed by atoms with Crippen molar-refractivity contribution < 1.29 is 4.79 Å². The zero-order chi connectivity index (χ0) is 14.5. The second-order valence-electron chi connectivity index (χ2n) is 4.03. The van der Waals surface area contributed by atoms with E-state index in [9.17, 15) is 4.79 Å². The van der Waals surface area contributed by atoms with E-state index in [1.54, 1.807) is 29.2 Å². The summed E-state index contributed by atoms with van der Waals surface area (Å²) in [5.41, 5.74) is 0.406. The number of aromatic nitrogens is 1. The number of pyridine rings is 1. The summed E-state index contributed by atoms with van der Waals surface area (Å²) in [6.07, 6.45) is 1.70. The topological polar surface area (TPSA) is 33.2 Å². The molecule has 0 aliphatic rings. The third-order valence-corrected chi connectivity index (χ3v) is 4.20. The molecule has 0 aliphatic heterocycles. The molecule has 1 amide bonds. The molecule has 0 N–H and O–H groups in total. The highest BCUT2D eigenvalue weighted by molar-refractivity contribution is 9.10. The normalized spacial score (nSPS) is 10.3. The fraction of sp³-hybridized carbons (Fsp3) is 0.143. The zero-order valence-corrected chi connectivity index (χ0v) is 13.7. The van der Waals surface area contributed by atoms with Crippen LogP contribution >= 0.6 is 38.9 Å². The van der Waals surface area contributed by atoms with Crippen LogP contribution < -0.4 is 0 Å². The van der Waals surface area contributed by atoms with Crippen LogP contribution in [0.3, 0.4) is 0 Å². The molecule has 0 saturated heterocycles. The molecule has 0 bridgehead atoms. The van der Waals surface area contributed by atoms with Gasteiger partial charge >= 0.3 is 0 Å². The van der Waals surface area contributed by atoms with E-state index >= 15 is 0 Å². The standard InChI is InChI=1S/C14H12BrClN2OS/c1-2-8-18(9-10-6-7-13(16)20-10)14(19)11-4-3-5-12(15)17-11/h2-7H,1,8-9H2. The van der Waals surface area contributed by atoms with Gasteiger partial charge in [-0.1, -0.05) is 23.7 Å². The molecule has 0 radical (unpaired) electrons. The second-order valence-corrected chi connectivity index (χ2v) is 6.64. The Kier molecular flexibility index (Phi) is 5.34. The van der Waals surface area contributed by atoms with Crippen molar-refractivity contribution in [2.75, 3.05) is 6.54 Å². The molecular weight excluding hydrogens is 360 g/mol. The molecular formula is C14H12BrClN2OS. The van der Waals surface area contributed by atoms with Crippen molar-refractivity contribution in [1.29, 1.82) is 0 Å². The number of hydrogen-bond donors (Lipinski definition) is 0. The van der Waals surface area contributed by atoms with E-state index < -0.39 is 0 Å².